The van der Waals surface area contributed by atoms with Gasteiger partial charge in [0.05, 0.1) is 20.3 Å². The average molecular weight is 363 g/mol. The Bertz CT molecular complexity index is 769. The molecule has 0 aromatic heterocycles. The van der Waals surface area contributed by atoms with Crippen LogP contribution in [0.3, 0.4) is 0 Å². The summed E-state index contributed by atoms with van der Waals surface area (Å²) in [5.74, 6) is 2.54. The summed E-state index contributed by atoms with van der Waals surface area (Å²) >= 11 is 0. The van der Waals surface area contributed by atoms with E-state index in [0.29, 0.717) is 6.61 Å². The third-order valence-electron chi connectivity index (χ3n) is 4.38. The Balaban J connectivity index is 1.85. The van der Waals surface area contributed by atoms with Crippen LogP contribution in [-0.4, -0.2) is 26.9 Å². The smallest absolute Gasteiger partial charge is 0.119 e. The quantitative estimate of drug-likeness (QED) is 0.543. The van der Waals surface area contributed by atoms with Gasteiger partial charge in [-0.05, 0) is 67.6 Å². The lowest BCUT2D eigenvalue weighted by Crippen LogP contribution is -2.33. The lowest BCUT2D eigenvalue weighted by atomic mass is 10.1. The molecule has 0 saturated carbocycles. The van der Waals surface area contributed by atoms with Crippen molar-refractivity contribution < 1.29 is 14.2 Å². The second-order valence-corrected chi connectivity index (χ2v) is 6.24. The van der Waals surface area contributed by atoms with Crippen LogP contribution < -0.4 is 19.1 Å². The van der Waals surface area contributed by atoms with E-state index in [1.165, 1.54) is 0 Å². The number of methoxy groups -OCH3 is 2. The zero-order chi connectivity index (χ0) is 19.1. The molecule has 0 aliphatic heterocycles. The molecule has 0 heterocycles. The molecule has 0 spiro atoms. The van der Waals surface area contributed by atoms with Crippen molar-refractivity contribution in [2.45, 2.75) is 13.0 Å². The maximum Gasteiger partial charge on any atom is 0.119 e. The molecule has 0 aliphatic carbocycles. The fourth-order valence-corrected chi connectivity index (χ4v) is 2.95. The monoisotopic (exact) mass is 363 g/mol. The number of hydrogen-bond donors (Lipinski definition) is 0. The first-order chi connectivity index (χ1) is 13.2. The van der Waals surface area contributed by atoms with Gasteiger partial charge in [0.15, 0.2) is 0 Å². The Hall–Kier alpha value is -3.14. The molecule has 1 atom stereocenters. The minimum atomic E-state index is 0.118. The van der Waals surface area contributed by atoms with Crippen molar-refractivity contribution in [3.63, 3.8) is 0 Å². The Labute approximate surface area is 160 Å². The Morgan fingerprint density at radius 3 is 1.59 bits per heavy atom. The number of hydrogen-bond acceptors (Lipinski definition) is 4. The number of nitrogens with zero attached hydrogens (tertiary/aromatic N) is 1. The Morgan fingerprint density at radius 1 is 0.667 bits per heavy atom. The fourth-order valence-electron chi connectivity index (χ4n) is 2.95. The molecule has 4 nitrogen and oxygen atoms in total. The van der Waals surface area contributed by atoms with Crippen LogP contribution in [-0.2, 0) is 0 Å². The second kappa shape index (κ2) is 8.99. The predicted molar refractivity (Wildman–Crippen MR) is 110 cm³/mol. The van der Waals surface area contributed by atoms with E-state index < -0.39 is 0 Å². The predicted octanol–water partition coefficient (Wildman–Crippen LogP) is 5.31. The highest BCUT2D eigenvalue weighted by Gasteiger charge is 2.18. The number of anilines is 2. The highest BCUT2D eigenvalue weighted by atomic mass is 16.5. The maximum atomic E-state index is 5.99. The summed E-state index contributed by atoms with van der Waals surface area (Å²) in [5.41, 5.74) is 2.15. The number of benzene rings is 3. The van der Waals surface area contributed by atoms with Crippen LogP contribution in [0.5, 0.6) is 17.2 Å². The van der Waals surface area contributed by atoms with E-state index in [-0.39, 0.29) is 6.04 Å². The first-order valence-electron chi connectivity index (χ1n) is 8.96. The summed E-state index contributed by atoms with van der Waals surface area (Å²) in [6.45, 7) is 2.71. The van der Waals surface area contributed by atoms with Crippen LogP contribution in [0.2, 0.25) is 0 Å². The fraction of sp³-hybridized carbons (Fsp3) is 0.217. The van der Waals surface area contributed by atoms with E-state index in [9.17, 15) is 0 Å². The molecule has 0 saturated heterocycles. The van der Waals surface area contributed by atoms with E-state index in [0.717, 1.165) is 28.6 Å². The Kier molecular flexibility index (Phi) is 6.21. The van der Waals surface area contributed by atoms with Crippen LogP contribution >= 0.6 is 0 Å². The summed E-state index contributed by atoms with van der Waals surface area (Å²) in [6.07, 6.45) is 0. The van der Waals surface area contributed by atoms with E-state index in [4.69, 9.17) is 14.2 Å². The van der Waals surface area contributed by atoms with Crippen molar-refractivity contribution in [2.75, 3.05) is 25.7 Å². The summed E-state index contributed by atoms with van der Waals surface area (Å²) in [6, 6.07) is 26.1. The standard InChI is InChI=1S/C23H25NO3/c1-18(17-27-23-7-5-4-6-8-23)24(19-9-13-21(25-2)14-10-19)20-11-15-22(26-3)16-12-20/h4-16,18H,17H2,1-3H3. The van der Waals surface area contributed by atoms with Gasteiger partial charge in [-0.3, -0.25) is 0 Å². The van der Waals surface area contributed by atoms with E-state index in [1.54, 1.807) is 14.2 Å². The van der Waals surface area contributed by atoms with Crippen LogP contribution in [0, 0.1) is 0 Å². The topological polar surface area (TPSA) is 30.9 Å². The maximum absolute atomic E-state index is 5.99. The molecular formula is C23H25NO3. The zero-order valence-corrected chi connectivity index (χ0v) is 16.0. The molecule has 0 radical (unpaired) electrons. The molecule has 3 rings (SSSR count). The molecule has 4 heteroatoms. The van der Waals surface area contributed by atoms with Gasteiger partial charge in [-0.15, -0.1) is 0 Å². The molecule has 140 valence electrons. The zero-order valence-electron chi connectivity index (χ0n) is 16.0. The molecule has 0 bridgehead atoms. The van der Waals surface area contributed by atoms with Crippen molar-refractivity contribution in [3.8, 4) is 17.2 Å². The van der Waals surface area contributed by atoms with E-state index >= 15 is 0 Å². The summed E-state index contributed by atoms with van der Waals surface area (Å²) in [4.78, 5) is 2.25. The first kappa shape index (κ1) is 18.6. The molecule has 1 unspecified atom stereocenters. The summed E-state index contributed by atoms with van der Waals surface area (Å²) in [5, 5.41) is 0. The van der Waals surface area contributed by atoms with Gasteiger partial charge in [-0.2, -0.15) is 0 Å². The number of para-hydroxylation sites is 1. The molecular weight excluding hydrogens is 338 g/mol. The van der Waals surface area contributed by atoms with Crippen molar-refractivity contribution in [3.05, 3.63) is 78.9 Å². The van der Waals surface area contributed by atoms with Gasteiger partial charge < -0.3 is 19.1 Å². The lowest BCUT2D eigenvalue weighted by Gasteiger charge is -2.31. The average Bonchev–Trinajstić information content (AvgIpc) is 2.74. The molecule has 3 aromatic carbocycles. The minimum absolute atomic E-state index is 0.118. The SMILES string of the molecule is COc1ccc(N(c2ccc(OC)cc2)C(C)COc2ccccc2)cc1. The van der Waals surface area contributed by atoms with Crippen LogP contribution in [0.4, 0.5) is 11.4 Å². The number of ether oxygens (including phenoxy) is 3. The largest absolute Gasteiger partial charge is 0.497 e. The Morgan fingerprint density at radius 2 is 1.15 bits per heavy atom. The molecule has 0 fully saturated rings. The van der Waals surface area contributed by atoms with Crippen LogP contribution in [0.1, 0.15) is 6.92 Å². The van der Waals surface area contributed by atoms with Gasteiger partial charge in [0, 0.05) is 11.4 Å². The molecule has 27 heavy (non-hydrogen) atoms. The first-order valence-corrected chi connectivity index (χ1v) is 8.96. The molecule has 0 N–H and O–H groups in total. The van der Waals surface area contributed by atoms with Gasteiger partial charge >= 0.3 is 0 Å². The third kappa shape index (κ3) is 4.73. The van der Waals surface area contributed by atoms with Gasteiger partial charge in [-0.1, -0.05) is 18.2 Å². The molecule has 0 aliphatic rings. The normalized spacial score (nSPS) is 11.5. The lowest BCUT2D eigenvalue weighted by molar-refractivity contribution is 0.295. The van der Waals surface area contributed by atoms with Crippen molar-refractivity contribution in [1.82, 2.24) is 0 Å². The molecule has 0 amide bonds. The second-order valence-electron chi connectivity index (χ2n) is 6.24. The van der Waals surface area contributed by atoms with Gasteiger partial charge in [0.1, 0.15) is 23.9 Å². The number of rotatable bonds is 8. The van der Waals surface area contributed by atoms with Crippen molar-refractivity contribution in [1.29, 1.82) is 0 Å². The highest BCUT2D eigenvalue weighted by Crippen LogP contribution is 2.31. The van der Waals surface area contributed by atoms with Crippen molar-refractivity contribution >= 4 is 11.4 Å². The minimum Gasteiger partial charge on any atom is -0.497 e. The van der Waals surface area contributed by atoms with Crippen LogP contribution in [0.25, 0.3) is 0 Å². The van der Waals surface area contributed by atoms with E-state index in [2.05, 4.69) is 36.1 Å². The summed E-state index contributed by atoms with van der Waals surface area (Å²) < 4.78 is 16.6. The van der Waals surface area contributed by atoms with Gasteiger partial charge in [-0.25, -0.2) is 0 Å². The van der Waals surface area contributed by atoms with Crippen molar-refractivity contribution in [2.24, 2.45) is 0 Å². The highest BCUT2D eigenvalue weighted by molar-refractivity contribution is 5.65. The van der Waals surface area contributed by atoms with Crippen LogP contribution in [0.15, 0.2) is 78.9 Å². The third-order valence-corrected chi connectivity index (χ3v) is 4.38. The molecule has 3 aromatic rings. The van der Waals surface area contributed by atoms with Gasteiger partial charge in [0.25, 0.3) is 0 Å². The van der Waals surface area contributed by atoms with Gasteiger partial charge in [0.2, 0.25) is 0 Å². The van der Waals surface area contributed by atoms with E-state index in [1.807, 2.05) is 54.6 Å². The summed E-state index contributed by atoms with van der Waals surface area (Å²) in [7, 11) is 3.35.